The fourth-order valence-corrected chi connectivity index (χ4v) is 3.82. The standard InChI is InChI=1S/C20H23N3/c1-13-15-9-5-6-10-16(15)20(23(13)4)21-19-14(2)22(3)18-12-8-7-11-17(18)19/h5-13,20-21H,1-4H3. The van der Waals surface area contributed by atoms with E-state index in [1.807, 2.05) is 0 Å². The van der Waals surface area contributed by atoms with E-state index in [1.165, 1.54) is 33.4 Å². The summed E-state index contributed by atoms with van der Waals surface area (Å²) < 4.78 is 2.27. The Morgan fingerprint density at radius 1 is 0.913 bits per heavy atom. The number of para-hydroxylation sites is 1. The molecule has 0 fully saturated rings. The zero-order chi connectivity index (χ0) is 16.1. The Kier molecular flexibility index (Phi) is 3.20. The molecule has 3 nitrogen and oxygen atoms in total. The molecule has 0 saturated carbocycles. The van der Waals surface area contributed by atoms with Crippen LogP contribution in [0.5, 0.6) is 0 Å². The van der Waals surface area contributed by atoms with E-state index in [0.717, 1.165) is 0 Å². The molecule has 23 heavy (non-hydrogen) atoms. The number of anilines is 1. The van der Waals surface area contributed by atoms with E-state index in [0.29, 0.717) is 6.04 Å². The van der Waals surface area contributed by atoms with Crippen molar-refractivity contribution in [3.05, 3.63) is 65.4 Å². The molecule has 2 aromatic carbocycles. The number of aryl methyl sites for hydroxylation is 1. The summed E-state index contributed by atoms with van der Waals surface area (Å²) in [4.78, 5) is 2.41. The summed E-state index contributed by atoms with van der Waals surface area (Å²) in [5.74, 6) is 0. The molecule has 2 atom stereocenters. The van der Waals surface area contributed by atoms with E-state index in [2.05, 4.69) is 91.3 Å². The predicted octanol–water partition coefficient (Wildman–Crippen LogP) is 4.60. The van der Waals surface area contributed by atoms with E-state index in [-0.39, 0.29) is 6.17 Å². The summed E-state index contributed by atoms with van der Waals surface area (Å²) >= 11 is 0. The van der Waals surface area contributed by atoms with Gasteiger partial charge >= 0.3 is 0 Å². The SMILES string of the molecule is Cc1c(NC2c3ccccc3C(C)N2C)c2ccccc2n1C. The highest BCUT2D eigenvalue weighted by Crippen LogP contribution is 2.42. The minimum atomic E-state index is 0.214. The maximum Gasteiger partial charge on any atom is 0.106 e. The largest absolute Gasteiger partial charge is 0.364 e. The summed E-state index contributed by atoms with van der Waals surface area (Å²) in [5.41, 5.74) is 6.59. The van der Waals surface area contributed by atoms with Crippen LogP contribution in [0.3, 0.4) is 0 Å². The third-order valence-electron chi connectivity index (χ3n) is 5.44. The van der Waals surface area contributed by atoms with Crippen LogP contribution >= 0.6 is 0 Å². The van der Waals surface area contributed by atoms with Gasteiger partial charge < -0.3 is 9.88 Å². The molecule has 1 aliphatic rings. The Hall–Kier alpha value is -2.26. The molecule has 4 rings (SSSR count). The van der Waals surface area contributed by atoms with Crippen molar-refractivity contribution < 1.29 is 0 Å². The lowest BCUT2D eigenvalue weighted by molar-refractivity contribution is 0.239. The molecule has 118 valence electrons. The van der Waals surface area contributed by atoms with E-state index < -0.39 is 0 Å². The Morgan fingerprint density at radius 2 is 1.57 bits per heavy atom. The molecule has 2 unspecified atom stereocenters. The zero-order valence-corrected chi connectivity index (χ0v) is 14.2. The molecule has 0 saturated heterocycles. The Morgan fingerprint density at radius 3 is 2.35 bits per heavy atom. The fourth-order valence-electron chi connectivity index (χ4n) is 3.82. The maximum absolute atomic E-state index is 3.81. The van der Waals surface area contributed by atoms with Gasteiger partial charge in [0.25, 0.3) is 0 Å². The molecule has 1 aromatic heterocycles. The van der Waals surface area contributed by atoms with Gasteiger partial charge in [-0.15, -0.1) is 0 Å². The van der Waals surface area contributed by atoms with E-state index in [4.69, 9.17) is 0 Å². The number of hydrogen-bond acceptors (Lipinski definition) is 2. The van der Waals surface area contributed by atoms with Crippen molar-refractivity contribution in [1.29, 1.82) is 0 Å². The highest BCUT2D eigenvalue weighted by molar-refractivity contribution is 5.95. The Bertz CT molecular complexity index is 878. The van der Waals surface area contributed by atoms with Gasteiger partial charge in [0.1, 0.15) is 6.17 Å². The van der Waals surface area contributed by atoms with Gasteiger partial charge in [0.15, 0.2) is 0 Å². The Labute approximate surface area is 137 Å². The minimum absolute atomic E-state index is 0.214. The van der Waals surface area contributed by atoms with Crippen LogP contribution in [0.15, 0.2) is 48.5 Å². The lowest BCUT2D eigenvalue weighted by Crippen LogP contribution is -2.26. The van der Waals surface area contributed by atoms with Gasteiger partial charge in [-0.05, 0) is 38.1 Å². The second-order valence-electron chi connectivity index (χ2n) is 6.55. The molecule has 3 aromatic rings. The highest BCUT2D eigenvalue weighted by atomic mass is 15.3. The molecule has 3 heteroatoms. The van der Waals surface area contributed by atoms with Crippen LogP contribution in [-0.2, 0) is 7.05 Å². The molecular formula is C20H23N3. The highest BCUT2D eigenvalue weighted by Gasteiger charge is 2.33. The lowest BCUT2D eigenvalue weighted by atomic mass is 10.1. The van der Waals surface area contributed by atoms with Gasteiger partial charge in [-0.2, -0.15) is 0 Å². The van der Waals surface area contributed by atoms with Crippen LogP contribution in [0, 0.1) is 6.92 Å². The van der Waals surface area contributed by atoms with Gasteiger partial charge in [0.05, 0.1) is 11.2 Å². The molecule has 2 heterocycles. The first-order valence-electron chi connectivity index (χ1n) is 8.21. The summed E-state index contributed by atoms with van der Waals surface area (Å²) in [6, 6.07) is 17.8. The monoisotopic (exact) mass is 305 g/mol. The molecule has 1 N–H and O–H groups in total. The number of rotatable bonds is 2. The lowest BCUT2D eigenvalue weighted by Gasteiger charge is -2.26. The second-order valence-corrected chi connectivity index (χ2v) is 6.55. The third-order valence-corrected chi connectivity index (χ3v) is 5.44. The van der Waals surface area contributed by atoms with Crippen LogP contribution in [0.1, 0.15) is 36.0 Å². The summed E-state index contributed by atoms with van der Waals surface area (Å²) in [6.45, 7) is 4.46. The number of hydrogen-bond donors (Lipinski definition) is 1. The number of fused-ring (bicyclic) bond motifs is 2. The minimum Gasteiger partial charge on any atom is -0.364 e. The molecule has 1 aliphatic heterocycles. The quantitative estimate of drug-likeness (QED) is 0.746. The average Bonchev–Trinajstić information content (AvgIpc) is 2.97. The van der Waals surface area contributed by atoms with Crippen molar-refractivity contribution in [3.63, 3.8) is 0 Å². The van der Waals surface area contributed by atoms with Crippen LogP contribution < -0.4 is 5.32 Å². The van der Waals surface area contributed by atoms with Gasteiger partial charge in [0.2, 0.25) is 0 Å². The second kappa shape index (κ2) is 5.14. The molecule has 0 bridgehead atoms. The molecule has 0 amide bonds. The predicted molar refractivity (Wildman–Crippen MR) is 96.6 cm³/mol. The normalized spacial score (nSPS) is 20.9. The molecular weight excluding hydrogens is 282 g/mol. The van der Waals surface area contributed by atoms with Crippen molar-refractivity contribution in [2.45, 2.75) is 26.1 Å². The van der Waals surface area contributed by atoms with Crippen molar-refractivity contribution in [3.8, 4) is 0 Å². The summed E-state index contributed by atoms with van der Waals surface area (Å²) in [6.07, 6.45) is 0.214. The third kappa shape index (κ3) is 2.00. The van der Waals surface area contributed by atoms with Crippen LogP contribution in [0.2, 0.25) is 0 Å². The smallest absolute Gasteiger partial charge is 0.106 e. The van der Waals surface area contributed by atoms with Gasteiger partial charge in [-0.25, -0.2) is 0 Å². The molecule has 0 radical (unpaired) electrons. The van der Waals surface area contributed by atoms with Crippen molar-refractivity contribution in [2.75, 3.05) is 12.4 Å². The summed E-state index contributed by atoms with van der Waals surface area (Å²) in [5, 5.41) is 5.10. The van der Waals surface area contributed by atoms with E-state index in [9.17, 15) is 0 Å². The number of benzene rings is 2. The first-order chi connectivity index (χ1) is 11.1. The summed E-state index contributed by atoms with van der Waals surface area (Å²) in [7, 11) is 4.33. The first kappa shape index (κ1) is 14.3. The van der Waals surface area contributed by atoms with E-state index >= 15 is 0 Å². The average molecular weight is 305 g/mol. The Balaban J connectivity index is 1.82. The zero-order valence-electron chi connectivity index (χ0n) is 14.2. The van der Waals surface area contributed by atoms with Crippen molar-refractivity contribution in [1.82, 2.24) is 9.47 Å². The van der Waals surface area contributed by atoms with Crippen LogP contribution in [0.4, 0.5) is 5.69 Å². The fraction of sp³-hybridized carbons (Fsp3) is 0.300. The van der Waals surface area contributed by atoms with Gasteiger partial charge in [0, 0.05) is 24.2 Å². The van der Waals surface area contributed by atoms with Gasteiger partial charge in [-0.1, -0.05) is 42.5 Å². The van der Waals surface area contributed by atoms with Crippen molar-refractivity contribution >= 4 is 16.6 Å². The number of nitrogens with zero attached hydrogens (tertiary/aromatic N) is 2. The number of nitrogens with one attached hydrogen (secondary N) is 1. The molecule has 0 spiro atoms. The van der Waals surface area contributed by atoms with Crippen LogP contribution in [0.25, 0.3) is 10.9 Å². The van der Waals surface area contributed by atoms with Crippen LogP contribution in [-0.4, -0.2) is 16.5 Å². The number of aromatic nitrogens is 1. The first-order valence-corrected chi connectivity index (χ1v) is 8.21. The van der Waals surface area contributed by atoms with Crippen molar-refractivity contribution in [2.24, 2.45) is 7.05 Å². The van der Waals surface area contributed by atoms with E-state index in [1.54, 1.807) is 0 Å². The van der Waals surface area contributed by atoms with Gasteiger partial charge in [-0.3, -0.25) is 4.90 Å². The topological polar surface area (TPSA) is 20.2 Å². The maximum atomic E-state index is 3.81. The molecule has 0 aliphatic carbocycles.